The van der Waals surface area contributed by atoms with E-state index in [1.165, 1.54) is 11.8 Å². The van der Waals surface area contributed by atoms with E-state index in [1.807, 2.05) is 47.9 Å². The van der Waals surface area contributed by atoms with Gasteiger partial charge in [-0.3, -0.25) is 9.36 Å². The van der Waals surface area contributed by atoms with Gasteiger partial charge < -0.3 is 9.84 Å². The highest BCUT2D eigenvalue weighted by Gasteiger charge is 2.17. The lowest BCUT2D eigenvalue weighted by Gasteiger charge is -2.11. The standard InChI is InChI=1S/C26H24ClN5O3S/c1-3-35-23-14-10-21(11-15-23)32-25(19-4-8-20(27)9-5-19)30-31-26(32)36-16-24(34)29-28-17(2)18-6-12-22(33)13-7-18/h4-15,33H,3,16H2,1-2H3,(H,29,34)/b28-17+. The Hall–Kier alpha value is -3.82. The molecule has 0 spiro atoms. The van der Waals surface area contributed by atoms with Gasteiger partial charge in [0.25, 0.3) is 5.91 Å². The van der Waals surface area contributed by atoms with Crippen LogP contribution in [-0.2, 0) is 4.79 Å². The van der Waals surface area contributed by atoms with Gasteiger partial charge in [0.05, 0.1) is 18.1 Å². The fourth-order valence-corrected chi connectivity index (χ4v) is 4.19. The lowest BCUT2D eigenvalue weighted by atomic mass is 10.1. The van der Waals surface area contributed by atoms with Gasteiger partial charge in [0.1, 0.15) is 11.5 Å². The van der Waals surface area contributed by atoms with Gasteiger partial charge in [-0.2, -0.15) is 5.10 Å². The number of aromatic nitrogens is 3. The van der Waals surface area contributed by atoms with Gasteiger partial charge in [-0.25, -0.2) is 5.43 Å². The van der Waals surface area contributed by atoms with Gasteiger partial charge in [-0.1, -0.05) is 23.4 Å². The first kappa shape index (κ1) is 25.3. The molecular weight excluding hydrogens is 498 g/mol. The molecule has 8 nitrogen and oxygen atoms in total. The van der Waals surface area contributed by atoms with Crippen molar-refractivity contribution in [3.05, 3.63) is 83.4 Å². The molecule has 0 aliphatic heterocycles. The topological polar surface area (TPSA) is 102 Å². The van der Waals surface area contributed by atoms with Gasteiger partial charge in [0.2, 0.25) is 0 Å². The van der Waals surface area contributed by atoms with E-state index in [1.54, 1.807) is 43.3 Å². The minimum atomic E-state index is -0.285. The molecule has 1 aromatic heterocycles. The van der Waals surface area contributed by atoms with Crippen LogP contribution in [0.3, 0.4) is 0 Å². The van der Waals surface area contributed by atoms with Crippen molar-refractivity contribution in [2.24, 2.45) is 5.10 Å². The van der Waals surface area contributed by atoms with Crippen LogP contribution in [-0.4, -0.2) is 43.8 Å². The molecule has 1 heterocycles. The van der Waals surface area contributed by atoms with Crippen molar-refractivity contribution in [1.29, 1.82) is 0 Å². The largest absolute Gasteiger partial charge is 0.508 e. The Morgan fingerprint density at radius 3 is 2.42 bits per heavy atom. The first-order valence-electron chi connectivity index (χ1n) is 11.1. The number of aromatic hydroxyl groups is 1. The molecule has 184 valence electrons. The summed E-state index contributed by atoms with van der Waals surface area (Å²) >= 11 is 7.31. The highest BCUT2D eigenvalue weighted by molar-refractivity contribution is 7.99. The third-order valence-corrected chi connectivity index (χ3v) is 6.29. The number of ether oxygens (including phenoxy) is 1. The Bertz CT molecular complexity index is 1350. The van der Waals surface area contributed by atoms with Crippen molar-refractivity contribution in [2.45, 2.75) is 19.0 Å². The van der Waals surface area contributed by atoms with E-state index in [4.69, 9.17) is 16.3 Å². The molecule has 0 aliphatic carbocycles. The number of nitrogens with zero attached hydrogens (tertiary/aromatic N) is 4. The number of thioether (sulfide) groups is 1. The van der Waals surface area contributed by atoms with Crippen LogP contribution in [0.5, 0.6) is 11.5 Å². The van der Waals surface area contributed by atoms with Crippen LogP contribution >= 0.6 is 23.4 Å². The molecule has 0 saturated heterocycles. The van der Waals surface area contributed by atoms with Crippen molar-refractivity contribution in [2.75, 3.05) is 12.4 Å². The predicted molar refractivity (Wildman–Crippen MR) is 142 cm³/mol. The van der Waals surface area contributed by atoms with E-state index in [-0.39, 0.29) is 17.4 Å². The molecule has 3 aromatic carbocycles. The second-order valence-corrected chi connectivity index (χ2v) is 9.02. The highest BCUT2D eigenvalue weighted by Crippen LogP contribution is 2.29. The average molecular weight is 522 g/mol. The van der Waals surface area contributed by atoms with Crippen molar-refractivity contribution in [1.82, 2.24) is 20.2 Å². The maximum atomic E-state index is 12.5. The maximum absolute atomic E-state index is 12.5. The highest BCUT2D eigenvalue weighted by atomic mass is 35.5. The van der Waals surface area contributed by atoms with Crippen molar-refractivity contribution < 1.29 is 14.6 Å². The third-order valence-electron chi connectivity index (χ3n) is 5.11. The molecule has 0 fully saturated rings. The fourth-order valence-electron chi connectivity index (χ4n) is 3.32. The molecule has 0 aliphatic rings. The SMILES string of the molecule is CCOc1ccc(-n2c(SCC(=O)N/N=C(\C)c3ccc(O)cc3)nnc2-c2ccc(Cl)cc2)cc1. The Kier molecular flexibility index (Phi) is 8.24. The molecule has 0 radical (unpaired) electrons. The van der Waals surface area contributed by atoms with Crippen molar-refractivity contribution in [3.63, 3.8) is 0 Å². The maximum Gasteiger partial charge on any atom is 0.250 e. The summed E-state index contributed by atoms with van der Waals surface area (Å²) in [7, 11) is 0. The van der Waals surface area contributed by atoms with E-state index in [0.717, 1.165) is 22.6 Å². The molecular formula is C26H24ClN5O3S. The first-order valence-corrected chi connectivity index (χ1v) is 12.5. The minimum absolute atomic E-state index is 0.0855. The summed E-state index contributed by atoms with van der Waals surface area (Å²) in [5, 5.41) is 23.5. The van der Waals surface area contributed by atoms with Crippen molar-refractivity contribution >= 4 is 35.0 Å². The van der Waals surface area contributed by atoms with Crippen LogP contribution in [0.1, 0.15) is 19.4 Å². The molecule has 0 saturated carbocycles. The zero-order valence-electron chi connectivity index (χ0n) is 19.7. The number of hydrazone groups is 1. The molecule has 1 amide bonds. The number of carbonyl (C=O) groups is 1. The summed E-state index contributed by atoms with van der Waals surface area (Å²) in [5.74, 6) is 1.36. The van der Waals surface area contributed by atoms with Crippen molar-refractivity contribution in [3.8, 4) is 28.6 Å². The summed E-state index contributed by atoms with van der Waals surface area (Å²) in [6.07, 6.45) is 0. The first-order chi connectivity index (χ1) is 17.4. The van der Waals surface area contributed by atoms with E-state index >= 15 is 0 Å². The van der Waals surface area contributed by atoms with Gasteiger partial charge >= 0.3 is 0 Å². The second-order valence-electron chi connectivity index (χ2n) is 7.64. The number of nitrogens with one attached hydrogen (secondary N) is 1. The number of hydrogen-bond acceptors (Lipinski definition) is 7. The van der Waals surface area contributed by atoms with E-state index < -0.39 is 0 Å². The molecule has 0 bridgehead atoms. The Balaban J connectivity index is 1.53. The predicted octanol–water partition coefficient (Wildman–Crippen LogP) is 5.32. The average Bonchev–Trinajstić information content (AvgIpc) is 3.31. The summed E-state index contributed by atoms with van der Waals surface area (Å²) in [6.45, 7) is 4.29. The normalized spacial score (nSPS) is 11.4. The zero-order valence-corrected chi connectivity index (χ0v) is 21.3. The van der Waals surface area contributed by atoms with Crippen LogP contribution in [0.4, 0.5) is 0 Å². The number of benzene rings is 3. The molecule has 4 rings (SSSR count). The summed E-state index contributed by atoms with van der Waals surface area (Å²) in [6, 6.07) is 21.5. The Morgan fingerprint density at radius 2 is 1.75 bits per heavy atom. The molecule has 10 heteroatoms. The number of phenols is 1. The van der Waals surface area contributed by atoms with E-state index in [0.29, 0.717) is 28.3 Å². The number of amides is 1. The van der Waals surface area contributed by atoms with Gasteiger partial charge in [-0.15, -0.1) is 10.2 Å². The molecule has 36 heavy (non-hydrogen) atoms. The van der Waals surface area contributed by atoms with Crippen LogP contribution in [0.25, 0.3) is 17.1 Å². The van der Waals surface area contributed by atoms with Gasteiger partial charge in [-0.05, 0) is 92.2 Å². The molecule has 2 N–H and O–H groups in total. The van der Waals surface area contributed by atoms with E-state index in [2.05, 4.69) is 20.7 Å². The summed E-state index contributed by atoms with van der Waals surface area (Å²) < 4.78 is 7.45. The number of rotatable bonds is 9. The number of hydrogen-bond donors (Lipinski definition) is 2. The summed E-state index contributed by atoms with van der Waals surface area (Å²) in [5.41, 5.74) is 5.65. The van der Waals surface area contributed by atoms with Crippen LogP contribution in [0.15, 0.2) is 83.1 Å². The van der Waals surface area contributed by atoms with Crippen LogP contribution in [0, 0.1) is 0 Å². The Labute approximate surface area is 218 Å². The zero-order chi connectivity index (χ0) is 25.5. The number of carbonyl (C=O) groups excluding carboxylic acids is 1. The van der Waals surface area contributed by atoms with Crippen LogP contribution < -0.4 is 10.2 Å². The molecule has 0 atom stereocenters. The number of phenolic OH excluding ortho intramolecular Hbond substituents is 1. The second kappa shape index (κ2) is 11.7. The fraction of sp³-hybridized carbons (Fsp3) is 0.154. The quantitative estimate of drug-likeness (QED) is 0.175. The monoisotopic (exact) mass is 521 g/mol. The lowest BCUT2D eigenvalue weighted by Crippen LogP contribution is -2.21. The molecule has 0 unspecified atom stereocenters. The minimum Gasteiger partial charge on any atom is -0.508 e. The lowest BCUT2D eigenvalue weighted by molar-refractivity contribution is -0.118. The van der Waals surface area contributed by atoms with E-state index in [9.17, 15) is 9.90 Å². The Morgan fingerprint density at radius 1 is 1.06 bits per heavy atom. The van der Waals surface area contributed by atoms with Gasteiger partial charge in [0, 0.05) is 16.3 Å². The number of halogens is 1. The van der Waals surface area contributed by atoms with Crippen LogP contribution in [0.2, 0.25) is 5.02 Å². The summed E-state index contributed by atoms with van der Waals surface area (Å²) in [4.78, 5) is 12.5. The smallest absolute Gasteiger partial charge is 0.250 e. The third kappa shape index (κ3) is 6.24. The van der Waals surface area contributed by atoms with Gasteiger partial charge in [0.15, 0.2) is 11.0 Å². The molecule has 4 aromatic rings.